The molecule has 0 N–H and O–H groups in total. The molecule has 122 valence electrons. The van der Waals surface area contributed by atoms with Gasteiger partial charge in [-0.1, -0.05) is 54.5 Å². The van der Waals surface area contributed by atoms with Crippen molar-refractivity contribution in [3.05, 3.63) is 65.5 Å². The van der Waals surface area contributed by atoms with Crippen molar-refractivity contribution in [1.29, 1.82) is 0 Å². The number of para-hydroxylation sites is 1. The summed E-state index contributed by atoms with van der Waals surface area (Å²) in [4.78, 5) is 6.93. The Kier molecular flexibility index (Phi) is 3.81. The van der Waals surface area contributed by atoms with Crippen LogP contribution in [0.25, 0.3) is 11.4 Å². The quantitative estimate of drug-likeness (QED) is 0.721. The Bertz CT molecular complexity index is 838. The lowest BCUT2D eigenvalue weighted by Crippen LogP contribution is -2.28. The minimum atomic E-state index is 0.446. The molecule has 0 fully saturated rings. The van der Waals surface area contributed by atoms with Gasteiger partial charge in [-0.2, -0.15) is 4.98 Å². The number of aryl methyl sites for hydroxylation is 1. The lowest BCUT2D eigenvalue weighted by molar-refractivity contribution is 0.374. The Labute approximate surface area is 142 Å². The van der Waals surface area contributed by atoms with E-state index in [0.717, 1.165) is 18.4 Å². The third-order valence-electron chi connectivity index (χ3n) is 4.74. The zero-order valence-corrected chi connectivity index (χ0v) is 14.1. The molecule has 0 saturated carbocycles. The highest BCUT2D eigenvalue weighted by Crippen LogP contribution is 2.33. The van der Waals surface area contributed by atoms with Crippen molar-refractivity contribution in [2.24, 2.45) is 0 Å². The van der Waals surface area contributed by atoms with Gasteiger partial charge in [0.2, 0.25) is 11.7 Å². The van der Waals surface area contributed by atoms with Crippen LogP contribution in [0.15, 0.2) is 53.1 Å². The normalized spacial score (nSPS) is 16.4. The lowest BCUT2D eigenvalue weighted by atomic mass is 10.1. The zero-order valence-electron chi connectivity index (χ0n) is 14.1. The number of nitrogens with zero attached hydrogens (tertiary/aromatic N) is 3. The van der Waals surface area contributed by atoms with Gasteiger partial charge in [-0.25, -0.2) is 0 Å². The predicted molar refractivity (Wildman–Crippen MR) is 94.9 cm³/mol. The van der Waals surface area contributed by atoms with Crippen LogP contribution in [0.4, 0.5) is 5.69 Å². The van der Waals surface area contributed by atoms with E-state index >= 15 is 0 Å². The zero-order chi connectivity index (χ0) is 16.5. The van der Waals surface area contributed by atoms with Gasteiger partial charge in [0.05, 0.1) is 6.54 Å². The molecule has 2 aromatic carbocycles. The highest BCUT2D eigenvalue weighted by molar-refractivity contribution is 5.59. The maximum Gasteiger partial charge on any atom is 0.246 e. The van der Waals surface area contributed by atoms with Gasteiger partial charge in [-0.15, -0.1) is 0 Å². The first kappa shape index (κ1) is 14.9. The maximum atomic E-state index is 5.50. The molecule has 0 amide bonds. The molecule has 1 aliphatic rings. The fourth-order valence-corrected chi connectivity index (χ4v) is 3.34. The summed E-state index contributed by atoms with van der Waals surface area (Å²) in [5.41, 5.74) is 4.97. The van der Waals surface area contributed by atoms with Crippen LogP contribution in [0.5, 0.6) is 0 Å². The predicted octanol–water partition coefficient (Wildman–Crippen LogP) is 4.25. The Morgan fingerprint density at radius 1 is 1.12 bits per heavy atom. The monoisotopic (exact) mass is 319 g/mol. The summed E-state index contributed by atoms with van der Waals surface area (Å²) in [6, 6.07) is 17.3. The van der Waals surface area contributed by atoms with Crippen molar-refractivity contribution in [2.75, 3.05) is 4.90 Å². The third kappa shape index (κ3) is 2.68. The van der Waals surface area contributed by atoms with E-state index in [0.29, 0.717) is 24.3 Å². The van der Waals surface area contributed by atoms with Gasteiger partial charge in [0.1, 0.15) is 0 Å². The first-order valence-corrected chi connectivity index (χ1v) is 8.51. The number of anilines is 1. The molecule has 0 saturated heterocycles. The minimum Gasteiger partial charge on any atom is -0.359 e. The first-order chi connectivity index (χ1) is 11.7. The van der Waals surface area contributed by atoms with Crippen LogP contribution in [0.1, 0.15) is 30.9 Å². The average molecular weight is 319 g/mol. The van der Waals surface area contributed by atoms with Crippen LogP contribution < -0.4 is 4.90 Å². The van der Waals surface area contributed by atoms with Crippen molar-refractivity contribution in [1.82, 2.24) is 10.1 Å². The van der Waals surface area contributed by atoms with E-state index in [-0.39, 0.29) is 0 Å². The lowest BCUT2D eigenvalue weighted by Gasteiger charge is -2.22. The summed E-state index contributed by atoms with van der Waals surface area (Å²) in [5, 5.41) is 4.15. The standard InChI is InChI=1S/C20H21N3O/c1-3-15-8-10-16(11-9-15)20-21-19(24-22-20)13-23-14(2)12-17-6-4-5-7-18(17)23/h4-11,14H,3,12-13H2,1-2H3. The molecule has 4 nitrogen and oxygen atoms in total. The van der Waals surface area contributed by atoms with Gasteiger partial charge in [0.25, 0.3) is 0 Å². The van der Waals surface area contributed by atoms with Crippen LogP contribution >= 0.6 is 0 Å². The molecule has 3 aromatic rings. The average Bonchev–Trinajstić information content (AvgIpc) is 3.21. The summed E-state index contributed by atoms with van der Waals surface area (Å²) < 4.78 is 5.50. The summed E-state index contributed by atoms with van der Waals surface area (Å²) in [5.74, 6) is 1.32. The second-order valence-electron chi connectivity index (χ2n) is 6.37. The van der Waals surface area contributed by atoms with Crippen molar-refractivity contribution >= 4 is 5.69 Å². The largest absolute Gasteiger partial charge is 0.359 e. The first-order valence-electron chi connectivity index (χ1n) is 8.51. The molecule has 0 aliphatic carbocycles. The Hall–Kier alpha value is -2.62. The molecule has 0 radical (unpaired) electrons. The van der Waals surface area contributed by atoms with Crippen LogP contribution in [0.3, 0.4) is 0 Å². The van der Waals surface area contributed by atoms with Gasteiger partial charge in [-0.3, -0.25) is 0 Å². The molecule has 1 atom stereocenters. The van der Waals surface area contributed by atoms with Crippen molar-refractivity contribution < 1.29 is 4.52 Å². The number of hydrogen-bond donors (Lipinski definition) is 0. The fraction of sp³-hybridized carbons (Fsp3) is 0.300. The molecule has 0 spiro atoms. The summed E-state index contributed by atoms with van der Waals surface area (Å²) in [6.07, 6.45) is 2.10. The van der Waals surface area contributed by atoms with E-state index in [2.05, 4.69) is 77.4 Å². The molecule has 1 unspecified atom stereocenters. The minimum absolute atomic E-state index is 0.446. The topological polar surface area (TPSA) is 42.2 Å². The van der Waals surface area contributed by atoms with Gasteiger partial charge < -0.3 is 9.42 Å². The maximum absolute atomic E-state index is 5.50. The molecule has 0 bridgehead atoms. The highest BCUT2D eigenvalue weighted by Gasteiger charge is 2.27. The van der Waals surface area contributed by atoms with E-state index in [9.17, 15) is 0 Å². The van der Waals surface area contributed by atoms with Gasteiger partial charge in [-0.05, 0) is 37.0 Å². The second kappa shape index (κ2) is 6.11. The smallest absolute Gasteiger partial charge is 0.246 e. The van der Waals surface area contributed by atoms with E-state index in [1.165, 1.54) is 16.8 Å². The number of hydrogen-bond acceptors (Lipinski definition) is 4. The number of fused-ring (bicyclic) bond motifs is 1. The van der Waals surface area contributed by atoms with Crippen LogP contribution in [0, 0.1) is 0 Å². The molecule has 2 heterocycles. The number of rotatable bonds is 4. The van der Waals surface area contributed by atoms with E-state index in [1.807, 2.05) is 0 Å². The molecule has 24 heavy (non-hydrogen) atoms. The van der Waals surface area contributed by atoms with E-state index in [4.69, 9.17) is 4.52 Å². The summed E-state index contributed by atoms with van der Waals surface area (Å²) in [6.45, 7) is 5.04. The Balaban J connectivity index is 1.55. The van der Waals surface area contributed by atoms with Crippen LogP contribution in [0.2, 0.25) is 0 Å². The fourth-order valence-electron chi connectivity index (χ4n) is 3.34. The van der Waals surface area contributed by atoms with Gasteiger partial charge in [0.15, 0.2) is 0 Å². The van der Waals surface area contributed by atoms with Gasteiger partial charge >= 0.3 is 0 Å². The Morgan fingerprint density at radius 3 is 2.71 bits per heavy atom. The number of benzene rings is 2. The SMILES string of the molecule is CCc1ccc(-c2noc(CN3c4ccccc4CC3C)n2)cc1. The summed E-state index contributed by atoms with van der Waals surface area (Å²) in [7, 11) is 0. The van der Waals surface area contributed by atoms with Crippen LogP contribution in [-0.4, -0.2) is 16.2 Å². The number of aromatic nitrogens is 2. The summed E-state index contributed by atoms with van der Waals surface area (Å²) >= 11 is 0. The van der Waals surface area contributed by atoms with E-state index < -0.39 is 0 Å². The third-order valence-corrected chi connectivity index (χ3v) is 4.74. The Morgan fingerprint density at radius 2 is 1.92 bits per heavy atom. The molecule has 1 aromatic heterocycles. The van der Waals surface area contributed by atoms with Crippen molar-refractivity contribution in [3.8, 4) is 11.4 Å². The molecule has 4 rings (SSSR count). The molecular formula is C20H21N3O. The van der Waals surface area contributed by atoms with Crippen molar-refractivity contribution in [2.45, 2.75) is 39.3 Å². The van der Waals surface area contributed by atoms with Gasteiger partial charge in [0, 0.05) is 17.3 Å². The second-order valence-corrected chi connectivity index (χ2v) is 6.37. The molecule has 4 heteroatoms. The van der Waals surface area contributed by atoms with Crippen molar-refractivity contribution in [3.63, 3.8) is 0 Å². The van der Waals surface area contributed by atoms with E-state index in [1.54, 1.807) is 0 Å². The molecular weight excluding hydrogens is 298 g/mol. The van der Waals surface area contributed by atoms with Crippen LogP contribution in [-0.2, 0) is 19.4 Å². The molecule has 1 aliphatic heterocycles. The highest BCUT2D eigenvalue weighted by atomic mass is 16.5.